The first-order chi connectivity index (χ1) is 10.6. The average molecular weight is 290 g/mol. The maximum atomic E-state index is 12.7. The molecule has 110 valence electrons. The summed E-state index contributed by atoms with van der Waals surface area (Å²) in [6, 6.07) is 19.5. The van der Waals surface area contributed by atoms with Crippen molar-refractivity contribution in [2.24, 2.45) is 0 Å². The van der Waals surface area contributed by atoms with Crippen LogP contribution in [0.15, 0.2) is 60.7 Å². The zero-order valence-corrected chi connectivity index (χ0v) is 12.7. The monoisotopic (exact) mass is 290 g/mol. The van der Waals surface area contributed by atoms with Crippen LogP contribution in [0.3, 0.4) is 0 Å². The van der Waals surface area contributed by atoms with Crippen LogP contribution in [0.2, 0.25) is 0 Å². The van der Waals surface area contributed by atoms with Crippen LogP contribution in [-0.2, 0) is 0 Å². The van der Waals surface area contributed by atoms with E-state index in [9.17, 15) is 4.79 Å². The number of hydrogen-bond donors (Lipinski definition) is 1. The third kappa shape index (κ3) is 2.84. The highest BCUT2D eigenvalue weighted by molar-refractivity contribution is 6.06. The van der Waals surface area contributed by atoms with E-state index in [1.165, 1.54) is 0 Å². The summed E-state index contributed by atoms with van der Waals surface area (Å²) in [5.74, 6) is -0.0712. The van der Waals surface area contributed by atoms with Gasteiger partial charge in [0.15, 0.2) is 0 Å². The van der Waals surface area contributed by atoms with Crippen LogP contribution in [0.5, 0.6) is 0 Å². The van der Waals surface area contributed by atoms with Gasteiger partial charge in [-0.1, -0.05) is 48.5 Å². The largest absolute Gasteiger partial charge is 0.345 e. The third-order valence-corrected chi connectivity index (χ3v) is 3.74. The molecule has 1 atom stereocenters. The Morgan fingerprint density at radius 3 is 2.50 bits per heavy atom. The van der Waals surface area contributed by atoms with Crippen molar-refractivity contribution in [1.82, 2.24) is 10.3 Å². The molecular weight excluding hydrogens is 272 g/mol. The number of aromatic nitrogens is 1. The third-order valence-electron chi connectivity index (χ3n) is 3.74. The van der Waals surface area contributed by atoms with Crippen molar-refractivity contribution in [2.75, 3.05) is 0 Å². The molecule has 0 bridgehead atoms. The number of nitrogens with zero attached hydrogens (tertiary/aromatic N) is 1. The molecule has 1 amide bonds. The Hall–Kier alpha value is -2.68. The minimum Gasteiger partial charge on any atom is -0.345 e. The molecule has 1 heterocycles. The Bertz CT molecular complexity index is 812. The van der Waals surface area contributed by atoms with Crippen LogP contribution < -0.4 is 5.32 Å². The Balaban J connectivity index is 1.93. The van der Waals surface area contributed by atoms with Gasteiger partial charge < -0.3 is 5.32 Å². The minimum atomic E-state index is -0.0712. The second-order valence-electron chi connectivity index (χ2n) is 5.43. The van der Waals surface area contributed by atoms with Crippen molar-refractivity contribution < 1.29 is 4.79 Å². The fourth-order valence-corrected chi connectivity index (χ4v) is 2.60. The van der Waals surface area contributed by atoms with Gasteiger partial charge in [0.1, 0.15) is 0 Å². The Morgan fingerprint density at radius 2 is 1.73 bits per heavy atom. The summed E-state index contributed by atoms with van der Waals surface area (Å²) in [6.45, 7) is 3.90. The summed E-state index contributed by atoms with van der Waals surface area (Å²) < 4.78 is 0. The predicted octanol–water partition coefficient (Wildman–Crippen LogP) is 4.03. The van der Waals surface area contributed by atoms with Gasteiger partial charge in [0.25, 0.3) is 5.91 Å². The van der Waals surface area contributed by atoms with E-state index in [0.717, 1.165) is 22.2 Å². The number of fused-ring (bicyclic) bond motifs is 1. The molecular formula is C19H18N2O. The molecule has 0 aliphatic heterocycles. The maximum absolute atomic E-state index is 12.7. The van der Waals surface area contributed by atoms with Gasteiger partial charge in [-0.05, 0) is 31.5 Å². The lowest BCUT2D eigenvalue weighted by atomic mass is 10.1. The van der Waals surface area contributed by atoms with Gasteiger partial charge in [-0.15, -0.1) is 0 Å². The normalized spacial score (nSPS) is 12.1. The van der Waals surface area contributed by atoms with Crippen LogP contribution in [-0.4, -0.2) is 10.9 Å². The number of hydrogen-bond acceptors (Lipinski definition) is 2. The van der Waals surface area contributed by atoms with Crippen LogP contribution in [0, 0.1) is 6.92 Å². The number of nitrogens with one attached hydrogen (secondary N) is 1. The summed E-state index contributed by atoms with van der Waals surface area (Å²) in [6.07, 6.45) is 0. The quantitative estimate of drug-likeness (QED) is 0.791. The van der Waals surface area contributed by atoms with Crippen molar-refractivity contribution in [1.29, 1.82) is 0 Å². The molecule has 3 nitrogen and oxygen atoms in total. The minimum absolute atomic E-state index is 0.0408. The van der Waals surface area contributed by atoms with Crippen LogP contribution in [0.4, 0.5) is 0 Å². The first-order valence-electron chi connectivity index (χ1n) is 7.37. The van der Waals surface area contributed by atoms with Crippen molar-refractivity contribution in [3.8, 4) is 0 Å². The van der Waals surface area contributed by atoms with Gasteiger partial charge in [0, 0.05) is 11.1 Å². The first kappa shape index (κ1) is 14.3. The van der Waals surface area contributed by atoms with Crippen molar-refractivity contribution in [2.45, 2.75) is 19.9 Å². The summed E-state index contributed by atoms with van der Waals surface area (Å²) in [7, 11) is 0. The summed E-state index contributed by atoms with van der Waals surface area (Å²) in [4.78, 5) is 17.1. The standard InChI is InChI=1S/C19H18N2O/c1-13-12-17(16-10-6-7-11-18(16)20-13)19(22)21-14(2)15-8-4-3-5-9-15/h3-12,14H,1-2H3,(H,21,22)/t14-/m1/s1. The highest BCUT2D eigenvalue weighted by Gasteiger charge is 2.14. The summed E-state index contributed by atoms with van der Waals surface area (Å²) in [5.41, 5.74) is 3.45. The van der Waals surface area contributed by atoms with E-state index in [-0.39, 0.29) is 11.9 Å². The molecule has 3 heteroatoms. The highest BCUT2D eigenvalue weighted by atomic mass is 16.1. The number of amides is 1. The molecule has 1 aromatic heterocycles. The summed E-state index contributed by atoms with van der Waals surface area (Å²) in [5, 5.41) is 3.95. The van der Waals surface area contributed by atoms with E-state index in [2.05, 4.69) is 10.3 Å². The lowest BCUT2D eigenvalue weighted by molar-refractivity contribution is 0.0941. The lowest BCUT2D eigenvalue weighted by Crippen LogP contribution is -2.27. The Labute approximate surface area is 130 Å². The van der Waals surface area contributed by atoms with Gasteiger partial charge in [0.05, 0.1) is 17.1 Å². The molecule has 0 aliphatic carbocycles. The smallest absolute Gasteiger partial charge is 0.252 e. The highest BCUT2D eigenvalue weighted by Crippen LogP contribution is 2.19. The van der Waals surface area contributed by atoms with Crippen molar-refractivity contribution in [3.05, 3.63) is 77.5 Å². The van der Waals surface area contributed by atoms with Crippen molar-refractivity contribution >= 4 is 16.8 Å². The zero-order valence-electron chi connectivity index (χ0n) is 12.7. The first-order valence-corrected chi connectivity index (χ1v) is 7.37. The molecule has 1 N–H and O–H groups in total. The van der Waals surface area contributed by atoms with E-state index < -0.39 is 0 Å². The molecule has 0 spiro atoms. The fourth-order valence-electron chi connectivity index (χ4n) is 2.60. The molecule has 0 saturated carbocycles. The predicted molar refractivity (Wildman–Crippen MR) is 88.8 cm³/mol. The molecule has 22 heavy (non-hydrogen) atoms. The van der Waals surface area contributed by atoms with Gasteiger partial charge in [-0.2, -0.15) is 0 Å². The molecule has 3 rings (SSSR count). The van der Waals surface area contributed by atoms with Crippen LogP contribution in [0.1, 0.15) is 34.6 Å². The van der Waals surface area contributed by atoms with E-state index in [4.69, 9.17) is 0 Å². The van der Waals surface area contributed by atoms with Gasteiger partial charge in [-0.25, -0.2) is 0 Å². The maximum Gasteiger partial charge on any atom is 0.252 e. The molecule has 0 radical (unpaired) electrons. The van der Waals surface area contributed by atoms with Gasteiger partial charge >= 0.3 is 0 Å². The number of para-hydroxylation sites is 1. The van der Waals surface area contributed by atoms with E-state index in [1.807, 2.05) is 74.5 Å². The van der Waals surface area contributed by atoms with Gasteiger partial charge in [0.2, 0.25) is 0 Å². The second kappa shape index (κ2) is 5.98. The van der Waals surface area contributed by atoms with Crippen LogP contribution >= 0.6 is 0 Å². The number of carbonyl (C=O) groups is 1. The molecule has 0 fully saturated rings. The van der Waals surface area contributed by atoms with Gasteiger partial charge in [-0.3, -0.25) is 9.78 Å². The topological polar surface area (TPSA) is 42.0 Å². The second-order valence-corrected chi connectivity index (χ2v) is 5.43. The van der Waals surface area contributed by atoms with Crippen molar-refractivity contribution in [3.63, 3.8) is 0 Å². The number of rotatable bonds is 3. The number of aryl methyl sites for hydroxylation is 1. The van der Waals surface area contributed by atoms with E-state index in [0.29, 0.717) is 5.56 Å². The van der Waals surface area contributed by atoms with E-state index in [1.54, 1.807) is 0 Å². The van der Waals surface area contributed by atoms with Crippen LogP contribution in [0.25, 0.3) is 10.9 Å². The average Bonchev–Trinajstić information content (AvgIpc) is 2.54. The molecule has 3 aromatic rings. The number of benzene rings is 2. The van der Waals surface area contributed by atoms with E-state index >= 15 is 0 Å². The number of carbonyl (C=O) groups excluding carboxylic acids is 1. The zero-order chi connectivity index (χ0) is 15.5. The summed E-state index contributed by atoms with van der Waals surface area (Å²) >= 11 is 0. The Morgan fingerprint density at radius 1 is 1.05 bits per heavy atom. The molecule has 2 aromatic carbocycles. The SMILES string of the molecule is Cc1cc(C(=O)N[C@H](C)c2ccccc2)c2ccccc2n1. The molecule has 0 aliphatic rings. The molecule has 0 unspecified atom stereocenters. The molecule has 0 saturated heterocycles. The number of pyridine rings is 1. The lowest BCUT2D eigenvalue weighted by Gasteiger charge is -2.15. The Kier molecular flexibility index (Phi) is 3.88. The fraction of sp³-hybridized carbons (Fsp3) is 0.158.